The Morgan fingerprint density at radius 2 is 1.85 bits per heavy atom. The third-order valence-corrected chi connectivity index (χ3v) is 4.90. The highest BCUT2D eigenvalue weighted by atomic mass is 16.3. The fraction of sp³-hybridized carbons (Fsp3) is 0.938. The van der Waals surface area contributed by atoms with Crippen LogP contribution in [-0.2, 0) is 4.79 Å². The van der Waals surface area contributed by atoms with Crippen molar-refractivity contribution in [1.29, 1.82) is 0 Å². The van der Waals surface area contributed by atoms with Gasteiger partial charge in [0, 0.05) is 20.0 Å². The Bertz CT molecular complexity index is 295. The number of piperidine rings is 1. The maximum atomic E-state index is 10.9. The molecule has 116 valence electrons. The summed E-state index contributed by atoms with van der Waals surface area (Å²) in [6, 6.07) is 0. The zero-order valence-corrected chi connectivity index (χ0v) is 12.8. The quantitative estimate of drug-likeness (QED) is 0.781. The van der Waals surface area contributed by atoms with Crippen LogP contribution in [-0.4, -0.2) is 48.2 Å². The van der Waals surface area contributed by atoms with Crippen LogP contribution >= 0.6 is 0 Å². The fourth-order valence-electron chi connectivity index (χ4n) is 3.66. The predicted molar refractivity (Wildman–Crippen MR) is 80.4 cm³/mol. The Morgan fingerprint density at radius 3 is 2.45 bits per heavy atom. The van der Waals surface area contributed by atoms with Crippen molar-refractivity contribution in [1.82, 2.24) is 10.2 Å². The first kappa shape index (κ1) is 15.8. The van der Waals surface area contributed by atoms with Crippen molar-refractivity contribution in [2.24, 2.45) is 11.8 Å². The summed E-state index contributed by atoms with van der Waals surface area (Å²) in [5.74, 6) is 1.45. The summed E-state index contributed by atoms with van der Waals surface area (Å²) in [5, 5.41) is 13.1. The summed E-state index contributed by atoms with van der Waals surface area (Å²) in [6.45, 7) is 5.35. The number of aliphatic hydroxyl groups is 1. The minimum Gasteiger partial charge on any atom is -0.392 e. The summed E-state index contributed by atoms with van der Waals surface area (Å²) in [6.07, 6.45) is 8.45. The number of likely N-dealkylation sites (tertiary alicyclic amines) is 1. The lowest BCUT2D eigenvalue weighted by atomic mass is 9.95. The molecular formula is C16H30N2O2. The van der Waals surface area contributed by atoms with Crippen LogP contribution < -0.4 is 5.32 Å². The summed E-state index contributed by atoms with van der Waals surface area (Å²) >= 11 is 0. The lowest BCUT2D eigenvalue weighted by Gasteiger charge is -2.33. The number of hydrogen-bond acceptors (Lipinski definition) is 3. The molecule has 2 N–H and O–H groups in total. The molecule has 20 heavy (non-hydrogen) atoms. The van der Waals surface area contributed by atoms with Gasteiger partial charge in [0.05, 0.1) is 6.10 Å². The van der Waals surface area contributed by atoms with E-state index in [1.807, 2.05) is 0 Å². The van der Waals surface area contributed by atoms with Crippen molar-refractivity contribution in [2.45, 2.75) is 58.0 Å². The molecule has 1 saturated carbocycles. The molecule has 1 aliphatic carbocycles. The van der Waals surface area contributed by atoms with Gasteiger partial charge in [-0.1, -0.05) is 25.7 Å². The molecular weight excluding hydrogens is 252 g/mol. The SMILES string of the molecule is CC(=O)NCC1CCN(CC(O)CC2CCCC2)CC1. The van der Waals surface area contributed by atoms with Crippen LogP contribution in [0.3, 0.4) is 0 Å². The van der Waals surface area contributed by atoms with Crippen LogP contribution in [0.4, 0.5) is 0 Å². The predicted octanol–water partition coefficient (Wildman–Crippen LogP) is 1.78. The van der Waals surface area contributed by atoms with Gasteiger partial charge < -0.3 is 15.3 Å². The van der Waals surface area contributed by atoms with Gasteiger partial charge in [0.2, 0.25) is 5.91 Å². The second-order valence-corrected chi connectivity index (χ2v) is 6.72. The molecule has 1 amide bonds. The standard InChI is InChI=1S/C16H30N2O2/c1-13(19)17-11-15-6-8-18(9-7-15)12-16(20)10-14-4-2-3-5-14/h14-16,20H,2-12H2,1H3,(H,17,19). The molecule has 4 heteroatoms. The molecule has 2 aliphatic rings. The van der Waals surface area contributed by atoms with E-state index in [1.54, 1.807) is 6.92 Å². The molecule has 0 aromatic carbocycles. The topological polar surface area (TPSA) is 52.6 Å². The van der Waals surface area contributed by atoms with Gasteiger partial charge in [-0.2, -0.15) is 0 Å². The highest BCUT2D eigenvalue weighted by Crippen LogP contribution is 2.29. The second-order valence-electron chi connectivity index (χ2n) is 6.72. The van der Waals surface area contributed by atoms with Crippen LogP contribution in [0.5, 0.6) is 0 Å². The molecule has 4 nitrogen and oxygen atoms in total. The summed E-state index contributed by atoms with van der Waals surface area (Å²) in [7, 11) is 0. The van der Waals surface area contributed by atoms with E-state index in [2.05, 4.69) is 10.2 Å². The minimum absolute atomic E-state index is 0.0689. The van der Waals surface area contributed by atoms with Gasteiger partial charge in [-0.05, 0) is 44.2 Å². The lowest BCUT2D eigenvalue weighted by molar-refractivity contribution is -0.119. The number of carbonyl (C=O) groups excluding carboxylic acids is 1. The molecule has 0 aromatic rings. The van der Waals surface area contributed by atoms with Crippen LogP contribution in [0.2, 0.25) is 0 Å². The van der Waals surface area contributed by atoms with Gasteiger partial charge in [-0.15, -0.1) is 0 Å². The van der Waals surface area contributed by atoms with Crippen molar-refractivity contribution in [3.8, 4) is 0 Å². The zero-order valence-electron chi connectivity index (χ0n) is 12.8. The number of carbonyl (C=O) groups is 1. The average molecular weight is 282 g/mol. The third-order valence-electron chi connectivity index (χ3n) is 4.90. The van der Waals surface area contributed by atoms with E-state index in [4.69, 9.17) is 0 Å². The van der Waals surface area contributed by atoms with E-state index >= 15 is 0 Å². The van der Waals surface area contributed by atoms with E-state index in [9.17, 15) is 9.90 Å². The number of nitrogens with one attached hydrogen (secondary N) is 1. The van der Waals surface area contributed by atoms with E-state index < -0.39 is 0 Å². The lowest BCUT2D eigenvalue weighted by Crippen LogP contribution is -2.41. The van der Waals surface area contributed by atoms with Gasteiger partial charge in [-0.25, -0.2) is 0 Å². The van der Waals surface area contributed by atoms with Gasteiger partial charge in [-0.3, -0.25) is 4.79 Å². The van der Waals surface area contributed by atoms with E-state index in [1.165, 1.54) is 25.7 Å². The van der Waals surface area contributed by atoms with Crippen molar-refractivity contribution < 1.29 is 9.90 Å². The van der Waals surface area contributed by atoms with Crippen molar-refractivity contribution in [3.63, 3.8) is 0 Å². The monoisotopic (exact) mass is 282 g/mol. The van der Waals surface area contributed by atoms with Crippen LogP contribution in [0.15, 0.2) is 0 Å². The number of aliphatic hydroxyl groups excluding tert-OH is 1. The first-order valence-electron chi connectivity index (χ1n) is 8.28. The Morgan fingerprint density at radius 1 is 1.20 bits per heavy atom. The van der Waals surface area contributed by atoms with Crippen LogP contribution in [0, 0.1) is 11.8 Å². The molecule has 2 fully saturated rings. The van der Waals surface area contributed by atoms with Gasteiger partial charge >= 0.3 is 0 Å². The van der Waals surface area contributed by atoms with E-state index in [-0.39, 0.29) is 12.0 Å². The maximum absolute atomic E-state index is 10.9. The first-order chi connectivity index (χ1) is 9.63. The van der Waals surface area contributed by atoms with Crippen LogP contribution in [0.1, 0.15) is 51.9 Å². The Labute approximate surface area is 122 Å². The second kappa shape index (κ2) is 7.99. The van der Waals surface area contributed by atoms with Gasteiger partial charge in [0.15, 0.2) is 0 Å². The number of β-amino-alcohol motifs (C(OH)–C–C–N with tert-alkyl or cyclic N) is 1. The van der Waals surface area contributed by atoms with Gasteiger partial charge in [0.25, 0.3) is 0 Å². The van der Waals surface area contributed by atoms with Crippen molar-refractivity contribution >= 4 is 5.91 Å². The third kappa shape index (κ3) is 5.41. The maximum Gasteiger partial charge on any atom is 0.216 e. The Kier molecular flexibility index (Phi) is 6.30. The Balaban J connectivity index is 1.59. The first-order valence-corrected chi connectivity index (χ1v) is 8.28. The summed E-state index contributed by atoms with van der Waals surface area (Å²) in [4.78, 5) is 13.3. The summed E-state index contributed by atoms with van der Waals surface area (Å²) in [5.41, 5.74) is 0. The highest BCUT2D eigenvalue weighted by molar-refractivity contribution is 5.72. The molecule has 1 atom stereocenters. The normalized spacial score (nSPS) is 23.9. The van der Waals surface area contributed by atoms with Crippen LogP contribution in [0.25, 0.3) is 0 Å². The molecule has 2 rings (SSSR count). The minimum atomic E-state index is -0.148. The smallest absolute Gasteiger partial charge is 0.216 e. The average Bonchev–Trinajstić information content (AvgIpc) is 2.90. The molecule has 0 bridgehead atoms. The molecule has 0 aromatic heterocycles. The number of amides is 1. The number of rotatable bonds is 6. The van der Waals surface area contributed by atoms with Crippen molar-refractivity contribution in [2.75, 3.05) is 26.2 Å². The molecule has 1 aliphatic heterocycles. The molecule has 0 spiro atoms. The Hall–Kier alpha value is -0.610. The highest BCUT2D eigenvalue weighted by Gasteiger charge is 2.23. The zero-order chi connectivity index (χ0) is 14.4. The molecule has 0 radical (unpaired) electrons. The number of hydrogen-bond donors (Lipinski definition) is 2. The fourth-order valence-corrected chi connectivity index (χ4v) is 3.66. The van der Waals surface area contributed by atoms with Crippen molar-refractivity contribution in [3.05, 3.63) is 0 Å². The van der Waals surface area contributed by atoms with E-state index in [0.29, 0.717) is 5.92 Å². The molecule has 1 heterocycles. The summed E-state index contributed by atoms with van der Waals surface area (Å²) < 4.78 is 0. The largest absolute Gasteiger partial charge is 0.392 e. The molecule has 1 saturated heterocycles. The molecule has 1 unspecified atom stereocenters. The number of nitrogens with zero attached hydrogens (tertiary/aromatic N) is 1. The van der Waals surface area contributed by atoms with Gasteiger partial charge in [0.1, 0.15) is 0 Å². The van der Waals surface area contributed by atoms with E-state index in [0.717, 1.165) is 51.4 Å².